The Hall–Kier alpha value is -6.42. The summed E-state index contributed by atoms with van der Waals surface area (Å²) in [6.45, 7) is 5.97. The Morgan fingerprint density at radius 1 is 0.603 bits per heavy atom. The van der Waals surface area contributed by atoms with Crippen molar-refractivity contribution in [2.45, 2.75) is 24.6 Å². The highest BCUT2D eigenvalue weighted by Gasteiger charge is 2.42. The van der Waals surface area contributed by atoms with Gasteiger partial charge < -0.3 is 56.5 Å². The van der Waals surface area contributed by atoms with Gasteiger partial charge in [0.25, 0.3) is 17.6 Å². The van der Waals surface area contributed by atoms with E-state index in [9.17, 15) is 35.9 Å². The number of amides is 1. The van der Waals surface area contributed by atoms with E-state index in [1.807, 2.05) is 36.4 Å². The molecule has 2 atom stereocenters. The van der Waals surface area contributed by atoms with Gasteiger partial charge in [0, 0.05) is 69.9 Å². The third-order valence-corrected chi connectivity index (χ3v) is 13.6. The second-order valence-electron chi connectivity index (χ2n) is 16.6. The molecule has 2 fully saturated rings. The number of oxazole rings is 2. The maximum Gasteiger partial charge on any atom is 0.451 e. The molecule has 422 valence electrons. The zero-order valence-corrected chi connectivity index (χ0v) is 46.6. The van der Waals surface area contributed by atoms with Gasteiger partial charge in [0.2, 0.25) is 11.5 Å². The van der Waals surface area contributed by atoms with Crippen molar-refractivity contribution in [1.29, 1.82) is 0 Å². The number of carbonyl (C=O) groups is 2. The van der Waals surface area contributed by atoms with E-state index < -0.39 is 53.4 Å². The number of nitrogens with zero attached hydrogens (tertiary/aromatic N) is 5. The first-order valence-electron chi connectivity index (χ1n) is 23.4. The SMILES string of the molecule is COC(C(=O)N(C)OC)c1ccc(N2CCOCC2)cc1.COc1cc(-c2nc(C(=O)C(OC)c3ccc(N4CCOCC4)cc3)oc2C(F)(F)F)cc(OC)c1Br.COc1cc(-c2ncoc2C(F)(F)F)cc(OC)c1Br. The number of morpholine rings is 2. The number of ketones is 1. The van der Waals surface area contributed by atoms with Crippen molar-refractivity contribution >= 4 is 54.9 Å². The van der Waals surface area contributed by atoms with E-state index in [-0.39, 0.29) is 34.2 Å². The fraction of sp³-hybridized carbons (Fsp3) is 0.385. The highest BCUT2D eigenvalue weighted by Crippen LogP contribution is 2.45. The smallest absolute Gasteiger partial charge is 0.451 e. The van der Waals surface area contributed by atoms with Crippen molar-refractivity contribution < 1.29 is 87.5 Å². The van der Waals surface area contributed by atoms with E-state index in [4.69, 9.17) is 47.1 Å². The number of aromatic nitrogens is 2. The predicted molar refractivity (Wildman–Crippen MR) is 278 cm³/mol. The lowest BCUT2D eigenvalue weighted by Gasteiger charge is -2.29. The summed E-state index contributed by atoms with van der Waals surface area (Å²) in [5.74, 6) is -3.31. The van der Waals surface area contributed by atoms with Crippen LogP contribution in [0.3, 0.4) is 0 Å². The lowest BCUT2D eigenvalue weighted by atomic mass is 10.0. The van der Waals surface area contributed by atoms with Gasteiger partial charge in [-0.3, -0.25) is 14.4 Å². The molecule has 0 N–H and O–H groups in total. The van der Waals surface area contributed by atoms with E-state index in [1.54, 1.807) is 19.2 Å². The third-order valence-electron chi connectivity index (χ3n) is 12.0. The minimum atomic E-state index is -4.92. The Labute approximate surface area is 461 Å². The van der Waals surface area contributed by atoms with Crippen molar-refractivity contribution in [3.05, 3.63) is 117 Å². The van der Waals surface area contributed by atoms with E-state index in [0.29, 0.717) is 39.2 Å². The third kappa shape index (κ3) is 14.6. The Balaban J connectivity index is 0.000000204. The lowest BCUT2D eigenvalue weighted by molar-refractivity contribution is -0.180. The molecule has 4 aromatic carbocycles. The Kier molecular flexibility index (Phi) is 21.4. The Morgan fingerprint density at radius 3 is 1.37 bits per heavy atom. The summed E-state index contributed by atoms with van der Waals surface area (Å²) in [5.41, 5.74) is 2.61. The molecule has 26 heteroatoms. The van der Waals surface area contributed by atoms with Gasteiger partial charge in [-0.05, 0) is 91.5 Å². The lowest BCUT2D eigenvalue weighted by Crippen LogP contribution is -2.36. The summed E-state index contributed by atoms with van der Waals surface area (Å²) < 4.78 is 133. The molecule has 6 aromatic rings. The van der Waals surface area contributed by atoms with E-state index in [0.717, 1.165) is 62.7 Å². The van der Waals surface area contributed by atoms with Crippen molar-refractivity contribution in [3.8, 4) is 45.5 Å². The normalized spacial score (nSPS) is 14.5. The molecule has 78 heavy (non-hydrogen) atoms. The number of hydroxylamine groups is 2. The van der Waals surface area contributed by atoms with Crippen LogP contribution in [0.1, 0.15) is 45.5 Å². The van der Waals surface area contributed by atoms with Crippen LogP contribution in [0.2, 0.25) is 0 Å². The van der Waals surface area contributed by atoms with Crippen molar-refractivity contribution in [3.63, 3.8) is 0 Å². The summed E-state index contributed by atoms with van der Waals surface area (Å²) in [6, 6.07) is 20.4. The van der Waals surface area contributed by atoms with Gasteiger partial charge in [-0.15, -0.1) is 0 Å². The topological polar surface area (TPSA) is 179 Å². The van der Waals surface area contributed by atoms with E-state index >= 15 is 0 Å². The van der Waals surface area contributed by atoms with Crippen LogP contribution in [0.4, 0.5) is 37.7 Å². The van der Waals surface area contributed by atoms with Crippen LogP contribution in [0.15, 0.2) is 97.0 Å². The van der Waals surface area contributed by atoms with Crippen LogP contribution in [-0.4, -0.2) is 136 Å². The van der Waals surface area contributed by atoms with Crippen molar-refractivity contribution in [2.24, 2.45) is 0 Å². The molecule has 1 amide bonds. The molecule has 0 spiro atoms. The largest absolute Gasteiger partial charge is 0.495 e. The zero-order valence-electron chi connectivity index (χ0n) is 43.4. The molecule has 2 saturated heterocycles. The Morgan fingerprint density at radius 2 is 1.00 bits per heavy atom. The van der Waals surface area contributed by atoms with Crippen molar-refractivity contribution in [2.75, 3.05) is 119 Å². The molecule has 0 bridgehead atoms. The Bertz CT molecular complexity index is 2880. The molecule has 4 heterocycles. The number of hydrogen-bond donors (Lipinski definition) is 0. The van der Waals surface area contributed by atoms with Gasteiger partial charge >= 0.3 is 12.4 Å². The summed E-state index contributed by atoms with van der Waals surface area (Å²) in [5, 5.41) is 1.17. The number of alkyl halides is 6. The fourth-order valence-electron chi connectivity index (χ4n) is 7.98. The highest BCUT2D eigenvalue weighted by atomic mass is 79.9. The fourth-order valence-corrected chi connectivity index (χ4v) is 9.09. The second-order valence-corrected chi connectivity index (χ2v) is 18.2. The highest BCUT2D eigenvalue weighted by molar-refractivity contribution is 9.11. The second kappa shape index (κ2) is 27.4. The van der Waals surface area contributed by atoms with Crippen LogP contribution < -0.4 is 28.7 Å². The van der Waals surface area contributed by atoms with Gasteiger partial charge in [0.15, 0.2) is 18.6 Å². The minimum absolute atomic E-state index is 0.00384. The quantitative estimate of drug-likeness (QED) is 0.0507. The predicted octanol–water partition coefficient (Wildman–Crippen LogP) is 10.9. The summed E-state index contributed by atoms with van der Waals surface area (Å²) in [4.78, 5) is 42.3. The number of Topliss-reactive ketones (excluding diaryl/α,β-unsaturated/α-hetero) is 1. The first-order valence-corrected chi connectivity index (χ1v) is 25.0. The number of anilines is 2. The molecule has 8 rings (SSSR count). The average Bonchev–Trinajstić information content (AvgIpc) is 4.29. The molecule has 0 aliphatic carbocycles. The van der Waals surface area contributed by atoms with Crippen LogP contribution >= 0.6 is 31.9 Å². The molecular weight excluding hydrogens is 1180 g/mol. The van der Waals surface area contributed by atoms with E-state index in [2.05, 4.69) is 56.0 Å². The maximum absolute atomic E-state index is 13.9. The standard InChI is InChI=1S/C25H24BrF3N2O6.C15H22N2O4.C12H9BrF3NO3/c1-33-17-12-15(13-18(34-2)19(17)26)20-23(25(27,28)29)37-24(30-20)21(32)22(35-3)14-4-6-16(7-5-14)31-8-10-36-11-9-31;1-16(20-3)15(18)14(19-2)12-4-6-13(7-5-12)17-8-10-21-11-9-17;1-18-7-3-6(4-8(19-2)9(7)13)10-11(12(14,15)16)20-5-17-10/h4-7,12-13,22H,8-11H2,1-3H3;4-7,14H,8-11H2,1-3H3;3-5H,1-2H3. The van der Waals surface area contributed by atoms with Crippen LogP contribution in [0, 0.1) is 0 Å². The number of methoxy groups -OCH3 is 6. The monoisotopic (exact) mass is 1230 g/mol. The number of rotatable bonds is 16. The zero-order chi connectivity index (χ0) is 56.9. The van der Waals surface area contributed by atoms with Crippen LogP contribution in [-0.2, 0) is 40.9 Å². The first-order chi connectivity index (χ1) is 37.2. The van der Waals surface area contributed by atoms with E-state index in [1.165, 1.54) is 79.1 Å². The summed E-state index contributed by atoms with van der Waals surface area (Å²) in [6.07, 6.45) is -10.7. The first kappa shape index (κ1) is 60.8. The number of carbonyl (C=O) groups excluding carboxylic acids is 2. The van der Waals surface area contributed by atoms with Crippen LogP contribution in [0.25, 0.3) is 22.5 Å². The number of hydrogen-bond acceptors (Lipinski definition) is 17. The number of halogens is 8. The maximum atomic E-state index is 13.9. The summed E-state index contributed by atoms with van der Waals surface area (Å²) >= 11 is 6.52. The molecule has 2 unspecified atom stereocenters. The van der Waals surface area contributed by atoms with Gasteiger partial charge in [0.1, 0.15) is 43.3 Å². The molecule has 18 nitrogen and oxygen atoms in total. The molecule has 2 aliphatic heterocycles. The molecule has 0 saturated carbocycles. The van der Waals surface area contributed by atoms with Crippen molar-refractivity contribution in [1.82, 2.24) is 15.0 Å². The molecule has 2 aromatic heterocycles. The number of ether oxygens (including phenoxy) is 8. The van der Waals surface area contributed by atoms with Gasteiger partial charge in [-0.25, -0.2) is 15.0 Å². The minimum Gasteiger partial charge on any atom is -0.495 e. The summed E-state index contributed by atoms with van der Waals surface area (Å²) in [7, 11) is 11.3. The number of benzene rings is 4. The number of likely N-dealkylation sites (N-methyl/N-ethyl adjacent to an activating group) is 1. The van der Waals surface area contributed by atoms with Gasteiger partial charge in [0.05, 0.1) is 62.0 Å². The van der Waals surface area contributed by atoms with Gasteiger partial charge in [-0.1, -0.05) is 24.3 Å². The average molecular weight is 1230 g/mol. The van der Waals surface area contributed by atoms with Gasteiger partial charge in [-0.2, -0.15) is 26.3 Å². The van der Waals surface area contributed by atoms with Crippen LogP contribution in [0.5, 0.6) is 23.0 Å². The molecule has 2 aliphatic rings. The molecule has 0 radical (unpaired) electrons. The molecular formula is C52H55Br2F6N5O13.